The molecule has 2 rings (SSSR count). The molecule has 0 fully saturated rings. The van der Waals surface area contributed by atoms with Crippen LogP contribution < -0.4 is 4.72 Å². The average Bonchev–Trinajstić information content (AvgIpc) is 2.76. The molecule has 0 saturated carbocycles. The molecule has 0 radical (unpaired) electrons. The second-order valence-electron chi connectivity index (χ2n) is 3.51. The van der Waals surface area contributed by atoms with Crippen LogP contribution >= 0.6 is 22.9 Å². The van der Waals surface area contributed by atoms with Crippen molar-refractivity contribution in [2.24, 2.45) is 0 Å². The van der Waals surface area contributed by atoms with Gasteiger partial charge in [0.1, 0.15) is 4.21 Å². The predicted octanol–water partition coefficient (Wildman–Crippen LogP) is 3.02. The van der Waals surface area contributed by atoms with Crippen LogP contribution in [0.25, 0.3) is 0 Å². The first kappa shape index (κ1) is 13.5. The number of thiophene rings is 1. The van der Waals surface area contributed by atoms with Crippen LogP contribution in [0.15, 0.2) is 40.6 Å². The van der Waals surface area contributed by atoms with Crippen molar-refractivity contribution >= 4 is 33.0 Å². The first-order valence-electron chi connectivity index (χ1n) is 4.97. The number of halogens is 2. The van der Waals surface area contributed by atoms with Gasteiger partial charge < -0.3 is 0 Å². The summed E-state index contributed by atoms with van der Waals surface area (Å²) in [5, 5.41) is 0.0591. The SMILES string of the molecule is O=S(=O)(NCc1ccc(Cl)cc1)c1ccc(F)s1. The lowest BCUT2D eigenvalue weighted by Crippen LogP contribution is -2.22. The molecule has 1 heterocycles. The van der Waals surface area contributed by atoms with Gasteiger partial charge in [0, 0.05) is 11.6 Å². The summed E-state index contributed by atoms with van der Waals surface area (Å²) < 4.78 is 38.7. The van der Waals surface area contributed by atoms with Crippen molar-refractivity contribution < 1.29 is 12.8 Å². The Morgan fingerprint density at radius 2 is 1.83 bits per heavy atom. The topological polar surface area (TPSA) is 46.2 Å². The fourth-order valence-corrected chi connectivity index (χ4v) is 3.48. The van der Waals surface area contributed by atoms with E-state index in [0.29, 0.717) is 16.4 Å². The van der Waals surface area contributed by atoms with E-state index in [2.05, 4.69) is 4.72 Å². The summed E-state index contributed by atoms with van der Waals surface area (Å²) in [6.07, 6.45) is 0. The van der Waals surface area contributed by atoms with Crippen molar-refractivity contribution in [1.29, 1.82) is 0 Å². The minimum atomic E-state index is -3.65. The van der Waals surface area contributed by atoms with Crippen molar-refractivity contribution in [3.05, 3.63) is 52.1 Å². The maximum absolute atomic E-state index is 12.8. The zero-order valence-electron chi connectivity index (χ0n) is 9.06. The normalized spacial score (nSPS) is 11.7. The van der Waals surface area contributed by atoms with Gasteiger partial charge in [-0.15, -0.1) is 0 Å². The predicted molar refractivity (Wildman–Crippen MR) is 69.8 cm³/mol. The monoisotopic (exact) mass is 305 g/mol. The summed E-state index contributed by atoms with van der Waals surface area (Å²) in [6.45, 7) is 0.138. The molecule has 1 aromatic carbocycles. The Kier molecular flexibility index (Phi) is 4.01. The zero-order chi connectivity index (χ0) is 13.2. The van der Waals surface area contributed by atoms with E-state index in [1.54, 1.807) is 24.3 Å². The van der Waals surface area contributed by atoms with Gasteiger partial charge in [0.2, 0.25) is 10.0 Å². The molecule has 1 N–H and O–H groups in total. The Morgan fingerprint density at radius 3 is 2.39 bits per heavy atom. The largest absolute Gasteiger partial charge is 0.250 e. The average molecular weight is 306 g/mol. The number of hydrogen-bond donors (Lipinski definition) is 1. The van der Waals surface area contributed by atoms with E-state index < -0.39 is 15.2 Å². The van der Waals surface area contributed by atoms with E-state index in [1.807, 2.05) is 0 Å². The van der Waals surface area contributed by atoms with Gasteiger partial charge in [-0.05, 0) is 29.8 Å². The van der Waals surface area contributed by atoms with E-state index in [1.165, 1.54) is 6.07 Å². The van der Waals surface area contributed by atoms with E-state index in [9.17, 15) is 12.8 Å². The van der Waals surface area contributed by atoms with Crippen LogP contribution in [0.4, 0.5) is 4.39 Å². The maximum Gasteiger partial charge on any atom is 0.250 e. The molecule has 0 unspecified atom stereocenters. The number of nitrogens with one attached hydrogen (secondary N) is 1. The molecule has 0 spiro atoms. The number of sulfonamides is 1. The fraction of sp³-hybridized carbons (Fsp3) is 0.0909. The first-order valence-corrected chi connectivity index (χ1v) is 7.64. The Labute approximate surface area is 113 Å². The molecule has 0 bridgehead atoms. The molecular formula is C11H9ClFNO2S2. The van der Waals surface area contributed by atoms with Gasteiger partial charge in [-0.25, -0.2) is 13.1 Å². The molecule has 96 valence electrons. The van der Waals surface area contributed by atoms with Crippen LogP contribution in [0.5, 0.6) is 0 Å². The Balaban J connectivity index is 2.08. The van der Waals surface area contributed by atoms with Crippen LogP contribution in [-0.2, 0) is 16.6 Å². The highest BCUT2D eigenvalue weighted by Crippen LogP contribution is 2.20. The smallest absolute Gasteiger partial charge is 0.206 e. The van der Waals surface area contributed by atoms with Gasteiger partial charge in [0.15, 0.2) is 5.13 Å². The zero-order valence-corrected chi connectivity index (χ0v) is 11.4. The lowest BCUT2D eigenvalue weighted by atomic mass is 10.2. The van der Waals surface area contributed by atoms with Crippen molar-refractivity contribution in [3.63, 3.8) is 0 Å². The van der Waals surface area contributed by atoms with Gasteiger partial charge in [-0.2, -0.15) is 4.39 Å². The molecule has 1 aromatic heterocycles. The number of rotatable bonds is 4. The highest BCUT2D eigenvalue weighted by molar-refractivity contribution is 7.91. The lowest BCUT2D eigenvalue weighted by molar-refractivity contribution is 0.583. The van der Waals surface area contributed by atoms with Gasteiger partial charge in [-0.1, -0.05) is 35.1 Å². The molecule has 0 aliphatic carbocycles. The van der Waals surface area contributed by atoms with E-state index in [0.717, 1.165) is 11.6 Å². The van der Waals surface area contributed by atoms with Gasteiger partial charge in [-0.3, -0.25) is 0 Å². The highest BCUT2D eigenvalue weighted by Gasteiger charge is 2.16. The molecule has 7 heteroatoms. The van der Waals surface area contributed by atoms with Gasteiger partial charge in [0.25, 0.3) is 0 Å². The molecule has 0 aliphatic rings. The summed E-state index contributed by atoms with van der Waals surface area (Å²) in [4.78, 5) is 0. The quantitative estimate of drug-likeness (QED) is 0.944. The molecule has 2 aromatic rings. The van der Waals surface area contributed by atoms with E-state index in [-0.39, 0.29) is 10.8 Å². The summed E-state index contributed by atoms with van der Waals surface area (Å²) in [5.41, 5.74) is 0.778. The summed E-state index contributed by atoms with van der Waals surface area (Å²) in [6, 6.07) is 9.16. The third kappa shape index (κ3) is 3.29. The number of benzene rings is 1. The molecule has 3 nitrogen and oxygen atoms in total. The van der Waals surface area contributed by atoms with Crippen molar-refractivity contribution in [3.8, 4) is 0 Å². The molecular weight excluding hydrogens is 297 g/mol. The Bertz CT molecular complexity index is 637. The molecule has 18 heavy (non-hydrogen) atoms. The highest BCUT2D eigenvalue weighted by atomic mass is 35.5. The third-order valence-electron chi connectivity index (χ3n) is 2.19. The summed E-state index contributed by atoms with van der Waals surface area (Å²) in [7, 11) is -3.65. The second-order valence-corrected chi connectivity index (χ2v) is 6.97. The fourth-order valence-electron chi connectivity index (χ4n) is 1.29. The van der Waals surface area contributed by atoms with E-state index >= 15 is 0 Å². The van der Waals surface area contributed by atoms with Crippen LogP contribution in [-0.4, -0.2) is 8.42 Å². The van der Waals surface area contributed by atoms with Crippen molar-refractivity contribution in [2.45, 2.75) is 10.8 Å². The van der Waals surface area contributed by atoms with E-state index in [4.69, 9.17) is 11.6 Å². The molecule has 0 atom stereocenters. The van der Waals surface area contributed by atoms with Crippen molar-refractivity contribution in [2.75, 3.05) is 0 Å². The van der Waals surface area contributed by atoms with Gasteiger partial charge >= 0.3 is 0 Å². The van der Waals surface area contributed by atoms with Crippen LogP contribution in [0, 0.1) is 5.13 Å². The lowest BCUT2D eigenvalue weighted by Gasteiger charge is -2.04. The standard InChI is InChI=1S/C11H9ClFNO2S2/c12-9-3-1-8(2-4-9)7-14-18(15,16)11-6-5-10(13)17-11/h1-6,14H,7H2. The van der Waals surface area contributed by atoms with Crippen LogP contribution in [0.1, 0.15) is 5.56 Å². The molecule has 0 amide bonds. The Morgan fingerprint density at radius 1 is 1.17 bits per heavy atom. The second kappa shape index (κ2) is 5.36. The minimum absolute atomic E-state index is 0.0334. The maximum atomic E-state index is 12.8. The molecule has 0 aliphatic heterocycles. The van der Waals surface area contributed by atoms with Crippen LogP contribution in [0.3, 0.4) is 0 Å². The third-order valence-corrected chi connectivity index (χ3v) is 5.21. The van der Waals surface area contributed by atoms with Crippen molar-refractivity contribution in [1.82, 2.24) is 4.72 Å². The van der Waals surface area contributed by atoms with Gasteiger partial charge in [0.05, 0.1) is 0 Å². The molecule has 0 saturated heterocycles. The van der Waals surface area contributed by atoms with Crippen LogP contribution in [0.2, 0.25) is 5.02 Å². The number of hydrogen-bond acceptors (Lipinski definition) is 3. The first-order chi connectivity index (χ1) is 8.47. The summed E-state index contributed by atoms with van der Waals surface area (Å²) >= 11 is 6.32. The summed E-state index contributed by atoms with van der Waals surface area (Å²) in [5.74, 6) is 0. The minimum Gasteiger partial charge on any atom is -0.206 e. The Hall–Kier alpha value is -0.950.